The number of hydrogen-bond acceptors (Lipinski definition) is 4. The van der Waals surface area contributed by atoms with Crippen LogP contribution in [0.3, 0.4) is 0 Å². The van der Waals surface area contributed by atoms with Crippen molar-refractivity contribution >= 4 is 11.6 Å². The average molecular weight is 272 g/mol. The highest BCUT2D eigenvalue weighted by atomic mass is 15.4. The van der Waals surface area contributed by atoms with Gasteiger partial charge in [-0.05, 0) is 44.4 Å². The Morgan fingerprint density at radius 2 is 2.15 bits per heavy atom. The number of hydrogen-bond donors (Lipinski definition) is 2. The molecule has 1 aromatic rings. The fourth-order valence-electron chi connectivity index (χ4n) is 3.67. The van der Waals surface area contributed by atoms with Gasteiger partial charge in [0.2, 0.25) is 0 Å². The van der Waals surface area contributed by atoms with E-state index < -0.39 is 0 Å². The van der Waals surface area contributed by atoms with E-state index in [1.54, 1.807) is 0 Å². The molecular formula is C16H24N4. The number of nitrogens with zero attached hydrogens (tertiary/aromatic N) is 2. The van der Waals surface area contributed by atoms with Crippen LogP contribution in [0.2, 0.25) is 0 Å². The first-order chi connectivity index (χ1) is 9.67. The molecule has 0 saturated carbocycles. The summed E-state index contributed by atoms with van der Waals surface area (Å²) in [5.74, 6) is 1.26. The lowest BCUT2D eigenvalue weighted by Gasteiger charge is -2.47. The third-order valence-corrected chi connectivity index (χ3v) is 4.86. The van der Waals surface area contributed by atoms with Gasteiger partial charge >= 0.3 is 0 Å². The van der Waals surface area contributed by atoms with Gasteiger partial charge in [-0.3, -0.25) is 4.99 Å². The van der Waals surface area contributed by atoms with Gasteiger partial charge in [0.1, 0.15) is 0 Å². The molecule has 1 fully saturated rings. The molecule has 20 heavy (non-hydrogen) atoms. The first kappa shape index (κ1) is 13.4. The smallest absolute Gasteiger partial charge is 0.196 e. The molecule has 1 saturated heterocycles. The molecule has 3 rings (SSSR count). The summed E-state index contributed by atoms with van der Waals surface area (Å²) in [4.78, 5) is 6.88. The number of aliphatic imine (C=N–C) groups is 1. The summed E-state index contributed by atoms with van der Waals surface area (Å²) < 4.78 is 0. The lowest BCUT2D eigenvalue weighted by atomic mass is 9.76. The molecule has 4 heteroatoms. The summed E-state index contributed by atoms with van der Waals surface area (Å²) >= 11 is 0. The van der Waals surface area contributed by atoms with Crippen molar-refractivity contribution < 1.29 is 0 Å². The summed E-state index contributed by atoms with van der Waals surface area (Å²) in [5, 5.41) is 3.51. The molecule has 2 heterocycles. The molecule has 108 valence electrons. The number of aryl methyl sites for hydroxylation is 1. The Labute approximate surface area is 121 Å². The summed E-state index contributed by atoms with van der Waals surface area (Å²) in [7, 11) is 0. The highest BCUT2D eigenvalue weighted by Crippen LogP contribution is 2.39. The zero-order valence-electron chi connectivity index (χ0n) is 12.4. The maximum Gasteiger partial charge on any atom is 0.196 e. The average Bonchev–Trinajstić information content (AvgIpc) is 2.78. The van der Waals surface area contributed by atoms with E-state index >= 15 is 0 Å². The third kappa shape index (κ3) is 1.99. The molecule has 0 radical (unpaired) electrons. The Morgan fingerprint density at radius 1 is 1.40 bits per heavy atom. The van der Waals surface area contributed by atoms with Crippen LogP contribution in [0.1, 0.15) is 25.3 Å². The van der Waals surface area contributed by atoms with Crippen LogP contribution in [-0.4, -0.2) is 31.1 Å². The van der Waals surface area contributed by atoms with E-state index in [1.807, 2.05) is 0 Å². The summed E-state index contributed by atoms with van der Waals surface area (Å²) in [6.45, 7) is 7.30. The lowest BCUT2D eigenvalue weighted by molar-refractivity contribution is 0.217. The summed E-state index contributed by atoms with van der Waals surface area (Å²) in [5.41, 5.74) is 8.74. The second-order valence-electron chi connectivity index (χ2n) is 6.01. The van der Waals surface area contributed by atoms with Crippen LogP contribution < -0.4 is 16.0 Å². The van der Waals surface area contributed by atoms with Crippen molar-refractivity contribution in [2.45, 2.75) is 32.2 Å². The van der Waals surface area contributed by atoms with Crippen molar-refractivity contribution in [1.82, 2.24) is 5.32 Å². The monoisotopic (exact) mass is 272 g/mol. The van der Waals surface area contributed by atoms with E-state index in [0.29, 0.717) is 11.9 Å². The second-order valence-corrected chi connectivity index (χ2v) is 6.01. The predicted molar refractivity (Wildman–Crippen MR) is 84.1 cm³/mol. The van der Waals surface area contributed by atoms with E-state index in [1.165, 1.54) is 11.3 Å². The van der Waals surface area contributed by atoms with Gasteiger partial charge in [0.25, 0.3) is 0 Å². The standard InChI is InChI=1S/C16H24N4/c1-3-13-10-18-9-8-16(13)11-19-15(17)20(16)14-6-4-12(2)5-7-14/h4-7,13,18H,3,8-11H2,1-2H3,(H2,17,19). The molecule has 2 unspecified atom stereocenters. The molecule has 1 spiro atoms. The zero-order chi connectivity index (χ0) is 14.2. The van der Waals surface area contributed by atoms with Gasteiger partial charge in [0.05, 0.1) is 12.1 Å². The van der Waals surface area contributed by atoms with Gasteiger partial charge in [-0.25, -0.2) is 0 Å². The SMILES string of the molecule is CCC1CNCCC12CN=C(N)N2c1ccc(C)cc1. The Morgan fingerprint density at radius 3 is 2.85 bits per heavy atom. The van der Waals surface area contributed by atoms with Gasteiger partial charge in [-0.1, -0.05) is 24.6 Å². The molecule has 4 nitrogen and oxygen atoms in total. The number of nitrogens with one attached hydrogen (secondary N) is 1. The molecule has 2 aliphatic heterocycles. The Hall–Kier alpha value is -1.55. The molecule has 2 aliphatic rings. The fourth-order valence-corrected chi connectivity index (χ4v) is 3.67. The van der Waals surface area contributed by atoms with Crippen LogP contribution in [0, 0.1) is 12.8 Å². The normalized spacial score (nSPS) is 29.8. The second kappa shape index (κ2) is 5.09. The van der Waals surface area contributed by atoms with Gasteiger partial charge in [-0.2, -0.15) is 0 Å². The van der Waals surface area contributed by atoms with Crippen LogP contribution >= 0.6 is 0 Å². The van der Waals surface area contributed by atoms with E-state index in [0.717, 1.165) is 32.5 Å². The lowest BCUT2D eigenvalue weighted by Crippen LogP contribution is -2.62. The van der Waals surface area contributed by atoms with Crippen LogP contribution in [-0.2, 0) is 0 Å². The van der Waals surface area contributed by atoms with Crippen molar-refractivity contribution in [3.05, 3.63) is 29.8 Å². The first-order valence-electron chi connectivity index (χ1n) is 7.55. The number of anilines is 1. The minimum absolute atomic E-state index is 0.0688. The van der Waals surface area contributed by atoms with Crippen LogP contribution in [0.5, 0.6) is 0 Å². The molecule has 0 aromatic heterocycles. The first-order valence-corrected chi connectivity index (χ1v) is 7.55. The fraction of sp³-hybridized carbons (Fsp3) is 0.562. The minimum atomic E-state index is 0.0688. The van der Waals surface area contributed by atoms with E-state index in [-0.39, 0.29) is 5.54 Å². The summed E-state index contributed by atoms with van der Waals surface area (Å²) in [6.07, 6.45) is 2.25. The van der Waals surface area contributed by atoms with Crippen molar-refractivity contribution in [3.63, 3.8) is 0 Å². The topological polar surface area (TPSA) is 53.6 Å². The number of benzene rings is 1. The maximum absolute atomic E-state index is 6.23. The van der Waals surface area contributed by atoms with Gasteiger partial charge in [0.15, 0.2) is 5.96 Å². The van der Waals surface area contributed by atoms with Crippen molar-refractivity contribution in [2.24, 2.45) is 16.6 Å². The van der Waals surface area contributed by atoms with Gasteiger partial charge in [-0.15, -0.1) is 0 Å². The zero-order valence-corrected chi connectivity index (χ0v) is 12.4. The molecule has 1 aromatic carbocycles. The quantitative estimate of drug-likeness (QED) is 0.864. The Kier molecular flexibility index (Phi) is 3.42. The van der Waals surface area contributed by atoms with Crippen molar-refractivity contribution in [3.8, 4) is 0 Å². The van der Waals surface area contributed by atoms with Crippen molar-refractivity contribution in [2.75, 3.05) is 24.5 Å². The predicted octanol–water partition coefficient (Wildman–Crippen LogP) is 1.89. The maximum atomic E-state index is 6.23. The summed E-state index contributed by atoms with van der Waals surface area (Å²) in [6, 6.07) is 8.63. The molecular weight excluding hydrogens is 248 g/mol. The van der Waals surface area contributed by atoms with Gasteiger partial charge < -0.3 is 16.0 Å². The highest BCUT2D eigenvalue weighted by molar-refractivity contribution is 5.98. The van der Waals surface area contributed by atoms with E-state index in [9.17, 15) is 0 Å². The number of rotatable bonds is 2. The number of piperidine rings is 1. The number of nitrogens with two attached hydrogens (primary N) is 1. The van der Waals surface area contributed by atoms with Gasteiger partial charge in [0, 0.05) is 12.2 Å². The highest BCUT2D eigenvalue weighted by Gasteiger charge is 2.49. The largest absolute Gasteiger partial charge is 0.369 e. The van der Waals surface area contributed by atoms with Crippen LogP contribution in [0.15, 0.2) is 29.3 Å². The molecule has 2 atom stereocenters. The van der Waals surface area contributed by atoms with E-state index in [2.05, 4.69) is 53.3 Å². The molecule has 3 N–H and O–H groups in total. The Bertz CT molecular complexity index is 508. The Balaban J connectivity index is 2.00. The van der Waals surface area contributed by atoms with Crippen molar-refractivity contribution in [1.29, 1.82) is 0 Å². The van der Waals surface area contributed by atoms with E-state index in [4.69, 9.17) is 5.73 Å². The number of guanidine groups is 1. The molecule has 0 aliphatic carbocycles. The minimum Gasteiger partial charge on any atom is -0.369 e. The van der Waals surface area contributed by atoms with Crippen LogP contribution in [0.25, 0.3) is 0 Å². The molecule has 0 bridgehead atoms. The third-order valence-electron chi connectivity index (χ3n) is 4.86. The van der Waals surface area contributed by atoms with Crippen LogP contribution in [0.4, 0.5) is 5.69 Å². The molecule has 0 amide bonds.